The van der Waals surface area contributed by atoms with Gasteiger partial charge >= 0.3 is 0 Å². The number of fused-ring (bicyclic) bond motifs is 1. The number of halogens is 1. The van der Waals surface area contributed by atoms with Gasteiger partial charge in [-0.2, -0.15) is 0 Å². The van der Waals surface area contributed by atoms with Crippen LogP contribution in [-0.2, 0) is 14.3 Å². The van der Waals surface area contributed by atoms with Crippen molar-refractivity contribution in [3.63, 3.8) is 0 Å². The average Bonchev–Trinajstić information content (AvgIpc) is 3.66. The maximum absolute atomic E-state index is 13.9. The summed E-state index contributed by atoms with van der Waals surface area (Å²) in [6.45, 7) is 6.91. The van der Waals surface area contributed by atoms with Gasteiger partial charge in [-0.25, -0.2) is 4.99 Å². The number of aliphatic imine (C=N–C) groups is 1. The van der Waals surface area contributed by atoms with Crippen LogP contribution in [0.5, 0.6) is 0 Å². The molecule has 5 nitrogen and oxygen atoms in total. The maximum atomic E-state index is 13.9. The summed E-state index contributed by atoms with van der Waals surface area (Å²) in [5.74, 6) is 1.96. The fourth-order valence-corrected chi connectivity index (χ4v) is 4.07. The first-order chi connectivity index (χ1) is 17.6. The zero-order valence-electron chi connectivity index (χ0n) is 21.1. The van der Waals surface area contributed by atoms with Crippen molar-refractivity contribution in [2.45, 2.75) is 45.4 Å². The minimum Gasteiger partial charge on any atom is -0.495 e. The predicted molar refractivity (Wildman–Crippen MR) is 149 cm³/mol. The molecule has 0 aromatic heterocycles. The second-order valence-corrected chi connectivity index (χ2v) is 9.39. The van der Waals surface area contributed by atoms with Gasteiger partial charge in [-0.1, -0.05) is 54.1 Å². The number of allylic oxidation sites excluding steroid dienone is 10. The molecule has 0 amide bonds. The van der Waals surface area contributed by atoms with Gasteiger partial charge in [0.2, 0.25) is 0 Å². The van der Waals surface area contributed by atoms with Gasteiger partial charge in [0, 0.05) is 28.3 Å². The van der Waals surface area contributed by atoms with Gasteiger partial charge < -0.3 is 14.8 Å². The first-order valence-electron chi connectivity index (χ1n) is 12.7. The monoisotopic (exact) mass is 508 g/mol. The number of hydrogen-bond acceptors (Lipinski definition) is 5. The lowest BCUT2D eigenvalue weighted by atomic mass is 9.88. The zero-order valence-corrected chi connectivity index (χ0v) is 21.9. The van der Waals surface area contributed by atoms with Gasteiger partial charge in [-0.15, -0.1) is 6.58 Å². The van der Waals surface area contributed by atoms with Crippen LogP contribution in [0.1, 0.15) is 45.4 Å². The molecule has 192 valence electrons. The van der Waals surface area contributed by atoms with Crippen LogP contribution in [0.3, 0.4) is 0 Å². The summed E-state index contributed by atoms with van der Waals surface area (Å²) in [7, 11) is 0. The van der Waals surface area contributed by atoms with Gasteiger partial charge in [0.25, 0.3) is 0 Å². The third-order valence-electron chi connectivity index (χ3n) is 6.04. The number of amidine groups is 1. The second-order valence-electron chi connectivity index (χ2n) is 8.96. The number of hydrogen-bond donors (Lipinski definition) is 1. The summed E-state index contributed by atoms with van der Waals surface area (Å²) in [5, 5.41) is 3.87. The maximum Gasteiger partial charge on any atom is 0.191 e. The minimum atomic E-state index is -0.0260. The van der Waals surface area contributed by atoms with E-state index in [1.54, 1.807) is 6.20 Å². The van der Waals surface area contributed by atoms with Crippen LogP contribution in [0.15, 0.2) is 101 Å². The normalized spacial score (nSPS) is 20.7. The van der Waals surface area contributed by atoms with Crippen molar-refractivity contribution in [2.75, 3.05) is 19.8 Å². The molecule has 0 spiro atoms. The van der Waals surface area contributed by atoms with Crippen molar-refractivity contribution in [3.8, 4) is 0 Å². The van der Waals surface area contributed by atoms with E-state index in [2.05, 4.69) is 23.0 Å². The highest BCUT2D eigenvalue weighted by Crippen LogP contribution is 2.32. The van der Waals surface area contributed by atoms with Crippen LogP contribution in [0.25, 0.3) is 0 Å². The summed E-state index contributed by atoms with van der Waals surface area (Å²) >= 11 is 6.07. The van der Waals surface area contributed by atoms with E-state index in [1.165, 1.54) is 12.8 Å². The Morgan fingerprint density at radius 1 is 1.28 bits per heavy atom. The molecule has 1 unspecified atom stereocenters. The van der Waals surface area contributed by atoms with Crippen molar-refractivity contribution < 1.29 is 14.3 Å². The Morgan fingerprint density at radius 3 is 2.92 bits per heavy atom. The van der Waals surface area contributed by atoms with Crippen molar-refractivity contribution >= 4 is 23.2 Å². The first kappa shape index (κ1) is 27.7. The van der Waals surface area contributed by atoms with Crippen LogP contribution in [0.4, 0.5) is 0 Å². The molecule has 1 N–H and O–H groups in total. The SMILES string of the molecule is C=CC/C=C\C/C(C(=O)C1=CN=C2NC=CCCC12)=C(\COC/C=C/C=C(Cl)\C=C/C)OCC1CC1. The van der Waals surface area contributed by atoms with Crippen molar-refractivity contribution in [2.24, 2.45) is 16.8 Å². The molecule has 0 radical (unpaired) electrons. The third-order valence-corrected chi connectivity index (χ3v) is 6.29. The largest absolute Gasteiger partial charge is 0.495 e. The number of nitrogens with one attached hydrogen (secondary N) is 1. The lowest BCUT2D eigenvalue weighted by Gasteiger charge is -2.19. The van der Waals surface area contributed by atoms with Crippen molar-refractivity contribution in [1.29, 1.82) is 0 Å². The highest BCUT2D eigenvalue weighted by molar-refractivity contribution is 6.31. The Balaban J connectivity index is 1.77. The van der Waals surface area contributed by atoms with Crippen molar-refractivity contribution in [3.05, 3.63) is 95.6 Å². The van der Waals surface area contributed by atoms with Crippen LogP contribution in [0.2, 0.25) is 0 Å². The molecule has 1 saturated carbocycles. The Labute approximate surface area is 220 Å². The predicted octanol–water partition coefficient (Wildman–Crippen LogP) is 6.84. The van der Waals surface area contributed by atoms with E-state index in [9.17, 15) is 4.79 Å². The quantitative estimate of drug-likeness (QED) is 0.0864. The molecule has 2 heterocycles. The van der Waals surface area contributed by atoms with E-state index in [4.69, 9.17) is 21.1 Å². The highest BCUT2D eigenvalue weighted by atomic mass is 35.5. The first-order valence-corrected chi connectivity index (χ1v) is 13.1. The molecular formula is C30H37ClN2O3. The summed E-state index contributed by atoms with van der Waals surface area (Å²) in [4.78, 5) is 18.4. The van der Waals surface area contributed by atoms with E-state index >= 15 is 0 Å². The molecule has 3 rings (SSSR count). The van der Waals surface area contributed by atoms with E-state index < -0.39 is 0 Å². The lowest BCUT2D eigenvalue weighted by Crippen LogP contribution is -2.27. The number of carbonyl (C=O) groups is 1. The van der Waals surface area contributed by atoms with Crippen LogP contribution in [0, 0.1) is 11.8 Å². The number of carbonyl (C=O) groups excluding carboxylic acids is 1. The number of ketones is 1. The number of nitrogens with zero attached hydrogens (tertiary/aromatic N) is 1. The summed E-state index contributed by atoms with van der Waals surface area (Å²) < 4.78 is 12.1. The van der Waals surface area contributed by atoms with Crippen molar-refractivity contribution in [1.82, 2.24) is 5.32 Å². The van der Waals surface area contributed by atoms with Gasteiger partial charge in [0.05, 0.1) is 13.2 Å². The van der Waals surface area contributed by atoms with Crippen LogP contribution in [-0.4, -0.2) is 31.4 Å². The number of Topliss-reactive ketones (excluding diaryl/α,β-unsaturated/α-hetero) is 1. The Kier molecular flexibility index (Phi) is 11.7. The zero-order chi connectivity index (χ0) is 25.6. The molecule has 0 aromatic rings. The molecule has 6 heteroatoms. The summed E-state index contributed by atoms with van der Waals surface area (Å²) in [6, 6.07) is 0. The third kappa shape index (κ3) is 8.96. The molecule has 1 aliphatic carbocycles. The standard InChI is InChI=1S/C30H37ClN2O3/c1-3-5-6-7-15-26(29(34)27-20-33-30-25(27)14-8-10-18-32-30)28(36-21-23-16-17-23)22-35-19-11-9-13-24(31)12-4-2/h3-4,6-7,9-13,18,20,23,25H,1,5,8,14-17,19,21-22H2,2H3,(H,32,33)/b7-6-,11-9+,12-4-,24-13+,28-26-. The molecule has 0 aromatic carbocycles. The smallest absolute Gasteiger partial charge is 0.191 e. The molecular weight excluding hydrogens is 472 g/mol. The molecule has 0 bridgehead atoms. The Bertz CT molecular complexity index is 1020. The fourth-order valence-electron chi connectivity index (χ4n) is 3.87. The molecule has 1 fully saturated rings. The summed E-state index contributed by atoms with van der Waals surface area (Å²) in [6.07, 6.45) is 26.1. The summed E-state index contributed by atoms with van der Waals surface area (Å²) in [5.41, 5.74) is 1.35. The molecule has 1 atom stereocenters. The molecule has 36 heavy (non-hydrogen) atoms. The molecule has 0 saturated heterocycles. The Hall–Kier alpha value is -2.89. The van der Waals surface area contributed by atoms with Crippen LogP contribution < -0.4 is 5.32 Å². The van der Waals surface area contributed by atoms with E-state index in [0.717, 1.165) is 25.1 Å². The second kappa shape index (κ2) is 15.3. The van der Waals surface area contributed by atoms with E-state index in [0.29, 0.717) is 47.5 Å². The average molecular weight is 509 g/mol. The van der Waals surface area contributed by atoms with Gasteiger partial charge in [-0.05, 0) is 69.7 Å². The lowest BCUT2D eigenvalue weighted by molar-refractivity contribution is -0.113. The van der Waals surface area contributed by atoms with E-state index in [1.807, 2.05) is 61.7 Å². The van der Waals surface area contributed by atoms with Gasteiger partial charge in [0.1, 0.15) is 18.2 Å². The molecule has 2 aliphatic heterocycles. The Morgan fingerprint density at radius 2 is 2.14 bits per heavy atom. The number of ether oxygens (including phenoxy) is 2. The van der Waals surface area contributed by atoms with Crippen LogP contribution >= 0.6 is 11.6 Å². The number of rotatable bonds is 15. The minimum absolute atomic E-state index is 0.0169. The van der Waals surface area contributed by atoms with Gasteiger partial charge in [0.15, 0.2) is 5.78 Å². The van der Waals surface area contributed by atoms with E-state index in [-0.39, 0.29) is 18.3 Å². The fraction of sp³-hybridized carbons (Fsp3) is 0.400. The highest BCUT2D eigenvalue weighted by Gasteiger charge is 2.33. The van der Waals surface area contributed by atoms with Gasteiger partial charge in [-0.3, -0.25) is 4.79 Å². The topological polar surface area (TPSA) is 59.9 Å². The molecule has 3 aliphatic rings.